The maximum Gasteiger partial charge on any atom is 0.254 e. The quantitative estimate of drug-likeness (QED) is 0.716. The van der Waals surface area contributed by atoms with Crippen LogP contribution >= 0.6 is 0 Å². The third kappa shape index (κ3) is 5.24. The number of nitrogens with one attached hydrogen (secondary N) is 1. The summed E-state index contributed by atoms with van der Waals surface area (Å²) in [6.45, 7) is 8.50. The molecule has 0 aliphatic heterocycles. The van der Waals surface area contributed by atoms with Gasteiger partial charge in [-0.3, -0.25) is 9.59 Å². The largest absolute Gasteiger partial charge is 0.331 e. The molecule has 1 aromatic carbocycles. The van der Waals surface area contributed by atoms with Crippen LogP contribution < -0.4 is 11.1 Å². The molecule has 0 unspecified atom stereocenters. The van der Waals surface area contributed by atoms with E-state index in [1.165, 1.54) is 0 Å². The fraction of sp³-hybridized carbons (Fsp3) is 0.250. The minimum Gasteiger partial charge on any atom is -0.331 e. The molecule has 0 bridgehead atoms. The molecule has 0 spiro atoms. The summed E-state index contributed by atoms with van der Waals surface area (Å²) >= 11 is 0. The van der Waals surface area contributed by atoms with Crippen molar-refractivity contribution in [1.29, 1.82) is 0 Å². The second-order valence-corrected chi connectivity index (χ2v) is 4.45. The van der Waals surface area contributed by atoms with Crippen LogP contribution in [0.5, 0.6) is 0 Å². The van der Waals surface area contributed by atoms with Gasteiger partial charge in [-0.05, 0) is 24.3 Å². The van der Waals surface area contributed by atoms with Crippen molar-refractivity contribution in [1.82, 2.24) is 4.90 Å². The molecule has 5 nitrogen and oxygen atoms in total. The third-order valence-corrected chi connectivity index (χ3v) is 2.77. The lowest BCUT2D eigenvalue weighted by Gasteiger charge is -2.19. The normalized spacial score (nSPS) is 9.76. The van der Waals surface area contributed by atoms with E-state index in [0.717, 1.165) is 0 Å². The zero-order chi connectivity index (χ0) is 15.7. The zero-order valence-corrected chi connectivity index (χ0v) is 12.0. The van der Waals surface area contributed by atoms with E-state index in [4.69, 9.17) is 5.73 Å². The summed E-state index contributed by atoms with van der Waals surface area (Å²) in [5.41, 5.74) is 6.50. The Morgan fingerprint density at radius 2 is 1.71 bits per heavy atom. The highest BCUT2D eigenvalue weighted by molar-refractivity contribution is 5.96. The van der Waals surface area contributed by atoms with E-state index in [9.17, 15) is 9.59 Å². The molecule has 112 valence electrons. The average Bonchev–Trinajstić information content (AvgIpc) is 2.47. The molecule has 3 N–H and O–H groups in total. The molecule has 0 aliphatic rings. The molecule has 0 fully saturated rings. The minimum atomic E-state index is -0.142. The Bertz CT molecular complexity index is 499. The molecule has 2 amide bonds. The van der Waals surface area contributed by atoms with Crippen LogP contribution in [-0.2, 0) is 4.79 Å². The number of hydrogen-bond acceptors (Lipinski definition) is 3. The predicted molar refractivity (Wildman–Crippen MR) is 85.0 cm³/mol. The van der Waals surface area contributed by atoms with Crippen LogP contribution in [0.25, 0.3) is 0 Å². The number of carbonyl (C=O) groups excluding carboxylic acids is 2. The van der Waals surface area contributed by atoms with E-state index >= 15 is 0 Å². The highest BCUT2D eigenvalue weighted by atomic mass is 16.2. The van der Waals surface area contributed by atoms with Crippen LogP contribution in [0.3, 0.4) is 0 Å². The average molecular weight is 287 g/mol. The molecule has 5 heteroatoms. The van der Waals surface area contributed by atoms with E-state index < -0.39 is 0 Å². The van der Waals surface area contributed by atoms with Crippen molar-refractivity contribution in [2.75, 3.05) is 25.0 Å². The number of benzene rings is 1. The van der Waals surface area contributed by atoms with Gasteiger partial charge in [-0.1, -0.05) is 12.2 Å². The van der Waals surface area contributed by atoms with Crippen LogP contribution in [0.1, 0.15) is 16.8 Å². The van der Waals surface area contributed by atoms with E-state index in [1.54, 1.807) is 41.3 Å². The molecule has 0 saturated carbocycles. The first-order chi connectivity index (χ1) is 10.1. The minimum absolute atomic E-state index is 0.102. The highest BCUT2D eigenvalue weighted by Crippen LogP contribution is 2.12. The van der Waals surface area contributed by atoms with Crippen LogP contribution in [0, 0.1) is 0 Å². The molecule has 1 rings (SSSR count). The molecular formula is C16H21N3O2. The lowest BCUT2D eigenvalue weighted by atomic mass is 10.1. The Balaban J connectivity index is 2.75. The smallest absolute Gasteiger partial charge is 0.254 e. The van der Waals surface area contributed by atoms with E-state index in [-0.39, 0.29) is 18.2 Å². The lowest BCUT2D eigenvalue weighted by Crippen LogP contribution is -2.31. The zero-order valence-electron chi connectivity index (χ0n) is 12.0. The number of hydrogen-bond donors (Lipinski definition) is 2. The lowest BCUT2D eigenvalue weighted by molar-refractivity contribution is -0.116. The first-order valence-corrected chi connectivity index (χ1v) is 6.73. The van der Waals surface area contributed by atoms with Gasteiger partial charge in [0.2, 0.25) is 5.91 Å². The monoisotopic (exact) mass is 287 g/mol. The predicted octanol–water partition coefficient (Wildman–Crippen LogP) is 1.79. The summed E-state index contributed by atoms with van der Waals surface area (Å²) in [5, 5.41) is 2.71. The van der Waals surface area contributed by atoms with Gasteiger partial charge in [-0.15, -0.1) is 13.2 Å². The molecule has 0 saturated heterocycles. The van der Waals surface area contributed by atoms with Crippen molar-refractivity contribution in [2.24, 2.45) is 5.73 Å². The van der Waals surface area contributed by atoms with E-state index in [0.29, 0.717) is 30.9 Å². The van der Waals surface area contributed by atoms with Crippen molar-refractivity contribution in [2.45, 2.75) is 6.42 Å². The molecule has 0 aromatic heterocycles. The van der Waals surface area contributed by atoms with E-state index in [1.807, 2.05) is 0 Å². The Morgan fingerprint density at radius 3 is 2.19 bits per heavy atom. The summed E-state index contributed by atoms with van der Waals surface area (Å²) in [7, 11) is 0. The number of anilines is 1. The third-order valence-electron chi connectivity index (χ3n) is 2.77. The van der Waals surface area contributed by atoms with Gasteiger partial charge in [0.15, 0.2) is 0 Å². The Kier molecular flexibility index (Phi) is 6.91. The summed E-state index contributed by atoms with van der Waals surface area (Å²) in [5.74, 6) is -0.244. The SMILES string of the molecule is C=CCN(CC=C)C(=O)c1ccc(NC(=O)CCN)cc1. The van der Waals surface area contributed by atoms with Crippen LogP contribution in [-0.4, -0.2) is 36.3 Å². The molecule has 0 radical (unpaired) electrons. The van der Waals surface area contributed by atoms with Crippen molar-refractivity contribution in [3.05, 3.63) is 55.1 Å². The summed E-state index contributed by atoms with van der Waals surface area (Å²) in [4.78, 5) is 25.3. The Labute approximate surface area is 125 Å². The van der Waals surface area contributed by atoms with Gasteiger partial charge in [0.1, 0.15) is 0 Å². The fourth-order valence-corrected chi connectivity index (χ4v) is 1.79. The fourth-order valence-electron chi connectivity index (χ4n) is 1.79. The second-order valence-electron chi connectivity index (χ2n) is 4.45. The second kappa shape index (κ2) is 8.71. The maximum absolute atomic E-state index is 12.3. The van der Waals surface area contributed by atoms with Crippen LogP contribution in [0.15, 0.2) is 49.6 Å². The molecule has 0 aliphatic carbocycles. The summed E-state index contributed by atoms with van der Waals surface area (Å²) < 4.78 is 0. The van der Waals surface area contributed by atoms with E-state index in [2.05, 4.69) is 18.5 Å². The highest BCUT2D eigenvalue weighted by Gasteiger charge is 2.13. The number of amides is 2. The van der Waals surface area contributed by atoms with Gasteiger partial charge in [0, 0.05) is 37.3 Å². The van der Waals surface area contributed by atoms with Crippen molar-refractivity contribution >= 4 is 17.5 Å². The number of nitrogens with zero attached hydrogens (tertiary/aromatic N) is 1. The standard InChI is InChI=1S/C16H21N3O2/c1-3-11-19(12-4-2)16(21)13-5-7-14(8-6-13)18-15(20)9-10-17/h3-8H,1-2,9-12,17H2,(H,18,20). The summed E-state index contributed by atoms with van der Waals surface area (Å²) in [6, 6.07) is 6.75. The Hall–Kier alpha value is -2.40. The molecular weight excluding hydrogens is 266 g/mol. The number of rotatable bonds is 8. The Morgan fingerprint density at radius 1 is 1.14 bits per heavy atom. The van der Waals surface area contributed by atoms with Gasteiger partial charge >= 0.3 is 0 Å². The maximum atomic E-state index is 12.3. The van der Waals surface area contributed by atoms with Crippen molar-refractivity contribution < 1.29 is 9.59 Å². The number of nitrogens with two attached hydrogens (primary N) is 1. The summed E-state index contributed by atoms with van der Waals surface area (Å²) in [6.07, 6.45) is 3.61. The van der Waals surface area contributed by atoms with Gasteiger partial charge in [-0.25, -0.2) is 0 Å². The topological polar surface area (TPSA) is 75.4 Å². The van der Waals surface area contributed by atoms with Gasteiger partial charge < -0.3 is 16.0 Å². The molecule has 21 heavy (non-hydrogen) atoms. The van der Waals surface area contributed by atoms with Crippen LogP contribution in [0.4, 0.5) is 5.69 Å². The first-order valence-electron chi connectivity index (χ1n) is 6.73. The first kappa shape index (κ1) is 16.7. The van der Waals surface area contributed by atoms with Gasteiger partial charge in [0.05, 0.1) is 0 Å². The molecule has 0 atom stereocenters. The van der Waals surface area contributed by atoms with Gasteiger partial charge in [-0.2, -0.15) is 0 Å². The molecule has 0 heterocycles. The van der Waals surface area contributed by atoms with Crippen LogP contribution in [0.2, 0.25) is 0 Å². The van der Waals surface area contributed by atoms with Crippen molar-refractivity contribution in [3.63, 3.8) is 0 Å². The molecule has 1 aromatic rings. The van der Waals surface area contributed by atoms with Crippen molar-refractivity contribution in [3.8, 4) is 0 Å². The van der Waals surface area contributed by atoms with Gasteiger partial charge in [0.25, 0.3) is 5.91 Å². The number of carbonyl (C=O) groups is 2.